The van der Waals surface area contributed by atoms with Crippen LogP contribution in [0.2, 0.25) is 36.3 Å². The zero-order chi connectivity index (χ0) is 24.8. The van der Waals surface area contributed by atoms with Crippen molar-refractivity contribution >= 4 is 16.6 Å². The van der Waals surface area contributed by atoms with E-state index in [9.17, 15) is 9.59 Å². The Bertz CT molecular complexity index is 910. The van der Waals surface area contributed by atoms with Crippen molar-refractivity contribution in [2.75, 3.05) is 6.61 Å². The predicted molar refractivity (Wildman–Crippen MR) is 134 cm³/mol. The number of nitrogens with one attached hydrogen (secondary N) is 1. The maximum atomic E-state index is 12.5. The van der Waals surface area contributed by atoms with Gasteiger partial charge >= 0.3 is 5.69 Å². The van der Waals surface area contributed by atoms with E-state index < -0.39 is 39.7 Å². The Kier molecular flexibility index (Phi) is 7.64. The number of aromatic nitrogens is 2. The minimum atomic E-state index is -2.11. The molecule has 32 heavy (non-hydrogen) atoms. The molecule has 1 aliphatic heterocycles. The highest BCUT2D eigenvalue weighted by Gasteiger charge is 2.54. The highest BCUT2D eigenvalue weighted by molar-refractivity contribution is 6.74. The molecule has 2 unspecified atom stereocenters. The van der Waals surface area contributed by atoms with Crippen molar-refractivity contribution in [2.24, 2.45) is 0 Å². The van der Waals surface area contributed by atoms with Gasteiger partial charge in [0, 0.05) is 18.7 Å². The summed E-state index contributed by atoms with van der Waals surface area (Å²) in [7, 11) is -4.13. The Morgan fingerprint density at radius 2 is 1.66 bits per heavy atom. The number of hydrogen-bond acceptors (Lipinski definition) is 5. The fourth-order valence-corrected chi connectivity index (χ4v) is 5.78. The molecular weight excluding hydrogens is 440 g/mol. The van der Waals surface area contributed by atoms with Gasteiger partial charge in [0.2, 0.25) is 0 Å². The molecule has 1 aromatic heterocycles. The third kappa shape index (κ3) is 5.55. The molecule has 0 aromatic carbocycles. The van der Waals surface area contributed by atoms with Gasteiger partial charge in [-0.15, -0.1) is 0 Å². The second-order valence-corrected chi connectivity index (χ2v) is 21.7. The highest BCUT2D eigenvalue weighted by atomic mass is 28.4. The molecule has 184 valence electrons. The number of aromatic amines is 1. The highest BCUT2D eigenvalue weighted by Crippen LogP contribution is 2.47. The van der Waals surface area contributed by atoms with E-state index in [0.717, 1.165) is 0 Å². The van der Waals surface area contributed by atoms with Gasteiger partial charge in [-0.2, -0.15) is 0 Å². The second kappa shape index (κ2) is 8.98. The van der Waals surface area contributed by atoms with E-state index in [1.807, 2.05) is 0 Å². The van der Waals surface area contributed by atoms with Crippen molar-refractivity contribution in [2.45, 2.75) is 116 Å². The van der Waals surface area contributed by atoms with E-state index >= 15 is 0 Å². The lowest BCUT2D eigenvalue weighted by Crippen LogP contribution is -2.54. The molecule has 3 atom stereocenters. The molecular formula is C23H44N2O5Si2. The minimum absolute atomic E-state index is 0.0413. The van der Waals surface area contributed by atoms with Gasteiger partial charge in [0.05, 0.1) is 12.7 Å². The summed E-state index contributed by atoms with van der Waals surface area (Å²) in [5.74, 6) is 0. The second-order valence-electron chi connectivity index (χ2n) is 12.2. The molecule has 0 saturated carbocycles. The molecule has 0 amide bonds. The molecule has 1 saturated heterocycles. The van der Waals surface area contributed by atoms with Crippen LogP contribution in [0, 0.1) is 0 Å². The SMILES string of the molecule is CCC1(CO[Si](C)(C)C(C)(C)C)O[C@@H](n2ccc(=O)[nH]c2=O)CC1O[Si](C)(C)C(C)(C)C. The summed E-state index contributed by atoms with van der Waals surface area (Å²) >= 11 is 0. The molecule has 0 radical (unpaired) electrons. The summed E-state index contributed by atoms with van der Waals surface area (Å²) in [4.78, 5) is 26.4. The molecule has 7 nitrogen and oxygen atoms in total. The first-order chi connectivity index (χ1) is 14.4. The zero-order valence-corrected chi connectivity index (χ0v) is 23.9. The predicted octanol–water partition coefficient (Wildman–Crippen LogP) is 5.02. The molecule has 1 aromatic rings. The van der Waals surface area contributed by atoms with Crippen molar-refractivity contribution in [3.63, 3.8) is 0 Å². The maximum absolute atomic E-state index is 12.5. The van der Waals surface area contributed by atoms with Crippen LogP contribution in [0.25, 0.3) is 0 Å². The summed E-state index contributed by atoms with van der Waals surface area (Å²) in [6.07, 6.45) is 2.03. The summed E-state index contributed by atoms with van der Waals surface area (Å²) in [6, 6.07) is 1.35. The number of H-pyrrole nitrogens is 1. The van der Waals surface area contributed by atoms with Crippen molar-refractivity contribution in [3.05, 3.63) is 33.1 Å². The van der Waals surface area contributed by atoms with Crippen LogP contribution in [0.15, 0.2) is 21.9 Å². The average molecular weight is 485 g/mol. The molecule has 0 bridgehead atoms. The number of nitrogens with zero attached hydrogens (tertiary/aromatic N) is 1. The lowest BCUT2D eigenvalue weighted by molar-refractivity contribution is -0.124. The average Bonchev–Trinajstić information content (AvgIpc) is 2.96. The lowest BCUT2D eigenvalue weighted by atomic mass is 9.95. The van der Waals surface area contributed by atoms with Gasteiger partial charge in [-0.25, -0.2) is 4.79 Å². The molecule has 1 N–H and O–H groups in total. The third-order valence-electron chi connectivity index (χ3n) is 7.86. The van der Waals surface area contributed by atoms with Crippen LogP contribution in [0.5, 0.6) is 0 Å². The number of ether oxygens (including phenoxy) is 1. The van der Waals surface area contributed by atoms with Crippen molar-refractivity contribution in [3.8, 4) is 0 Å². The van der Waals surface area contributed by atoms with Crippen molar-refractivity contribution in [1.82, 2.24) is 9.55 Å². The summed E-state index contributed by atoms with van der Waals surface area (Å²) in [5.41, 5.74) is -1.54. The Morgan fingerprint density at radius 1 is 1.09 bits per heavy atom. The molecule has 0 spiro atoms. The quantitative estimate of drug-likeness (QED) is 0.550. The Morgan fingerprint density at radius 3 is 2.12 bits per heavy atom. The lowest BCUT2D eigenvalue weighted by Gasteiger charge is -2.44. The van der Waals surface area contributed by atoms with E-state index in [1.54, 1.807) is 0 Å². The van der Waals surface area contributed by atoms with Gasteiger partial charge < -0.3 is 13.6 Å². The van der Waals surface area contributed by atoms with E-state index in [4.69, 9.17) is 13.6 Å². The van der Waals surface area contributed by atoms with Gasteiger partial charge in [-0.3, -0.25) is 14.3 Å². The minimum Gasteiger partial charge on any atom is -0.414 e. The molecule has 1 fully saturated rings. The van der Waals surface area contributed by atoms with Gasteiger partial charge in [0.1, 0.15) is 11.8 Å². The Hall–Kier alpha value is -1.01. The smallest absolute Gasteiger partial charge is 0.330 e. The van der Waals surface area contributed by atoms with E-state index in [1.165, 1.54) is 16.8 Å². The van der Waals surface area contributed by atoms with Crippen LogP contribution in [0.4, 0.5) is 0 Å². The molecule has 2 heterocycles. The first-order valence-corrected chi connectivity index (χ1v) is 17.5. The summed E-state index contributed by atoms with van der Waals surface area (Å²) in [6.45, 7) is 24.8. The van der Waals surface area contributed by atoms with Gasteiger partial charge in [-0.1, -0.05) is 48.5 Å². The normalized spacial score (nSPS) is 25.3. The van der Waals surface area contributed by atoms with Crippen LogP contribution >= 0.6 is 0 Å². The molecule has 9 heteroatoms. The van der Waals surface area contributed by atoms with Crippen LogP contribution in [-0.4, -0.2) is 44.5 Å². The van der Waals surface area contributed by atoms with Gasteiger partial charge in [-0.05, 0) is 42.7 Å². The molecule has 0 aliphatic carbocycles. The van der Waals surface area contributed by atoms with Crippen LogP contribution in [-0.2, 0) is 13.6 Å². The summed E-state index contributed by atoms with van der Waals surface area (Å²) < 4.78 is 21.6. The van der Waals surface area contributed by atoms with Gasteiger partial charge in [0.25, 0.3) is 5.56 Å². The standard InChI is InChI=1S/C23H44N2O5Si2/c1-12-23(16-28-31(8,9)21(2,3)4)17(30-32(10,11)22(5,6)7)15-19(29-23)25-14-13-18(26)24-20(25)27/h13-14,17,19H,12,15-16H2,1-11H3,(H,24,26,27)/t17?,19-,23?/m1/s1. The van der Waals surface area contributed by atoms with Crippen LogP contribution < -0.4 is 11.2 Å². The van der Waals surface area contributed by atoms with E-state index in [-0.39, 0.29) is 16.2 Å². The van der Waals surface area contributed by atoms with Crippen LogP contribution in [0.1, 0.15) is 67.5 Å². The molecule has 2 rings (SSSR count). The molecule has 1 aliphatic rings. The first kappa shape index (κ1) is 27.2. The van der Waals surface area contributed by atoms with Gasteiger partial charge in [0.15, 0.2) is 16.6 Å². The fraction of sp³-hybridized carbons (Fsp3) is 0.826. The largest absolute Gasteiger partial charge is 0.414 e. The topological polar surface area (TPSA) is 82.5 Å². The van der Waals surface area contributed by atoms with Crippen molar-refractivity contribution in [1.29, 1.82) is 0 Å². The van der Waals surface area contributed by atoms with E-state index in [0.29, 0.717) is 19.4 Å². The fourth-order valence-electron chi connectivity index (χ4n) is 3.36. The van der Waals surface area contributed by atoms with Crippen molar-refractivity contribution < 1.29 is 13.6 Å². The number of rotatable bonds is 7. The van der Waals surface area contributed by atoms with E-state index in [2.05, 4.69) is 79.6 Å². The van der Waals surface area contributed by atoms with Crippen LogP contribution in [0.3, 0.4) is 0 Å². The number of hydrogen-bond donors (Lipinski definition) is 1. The Labute approximate surface area is 195 Å². The zero-order valence-electron chi connectivity index (χ0n) is 21.9. The summed E-state index contributed by atoms with van der Waals surface area (Å²) in [5, 5.41) is 0.116. The Balaban J connectivity index is 2.45. The first-order valence-electron chi connectivity index (χ1n) is 11.7. The third-order valence-corrected chi connectivity index (χ3v) is 16.8. The maximum Gasteiger partial charge on any atom is 0.330 e. The monoisotopic (exact) mass is 484 g/mol.